The van der Waals surface area contributed by atoms with Crippen molar-refractivity contribution in [3.63, 3.8) is 0 Å². The van der Waals surface area contributed by atoms with Crippen LogP contribution >= 0.6 is 0 Å². The molecule has 0 fully saturated rings. The first kappa shape index (κ1) is 9.45. The molecule has 0 saturated heterocycles. The molecule has 4 heteroatoms. The van der Waals surface area contributed by atoms with Crippen molar-refractivity contribution < 1.29 is 4.92 Å². The number of aromatic amines is 1. The Hall–Kier alpha value is -2.10. The van der Waals surface area contributed by atoms with Gasteiger partial charge in [0.25, 0.3) is 5.69 Å². The van der Waals surface area contributed by atoms with Gasteiger partial charge in [-0.3, -0.25) is 10.1 Å². The van der Waals surface area contributed by atoms with Gasteiger partial charge in [0.15, 0.2) is 0 Å². The summed E-state index contributed by atoms with van der Waals surface area (Å²) in [7, 11) is 0. The first-order valence-corrected chi connectivity index (χ1v) is 4.56. The molecule has 2 aromatic rings. The highest BCUT2D eigenvalue weighted by atomic mass is 16.6. The molecule has 1 aromatic heterocycles. The number of nitrogens with one attached hydrogen (secondary N) is 1. The molecular formula is C11H10N2O2. The number of nitro benzene ring substituents is 1. The summed E-state index contributed by atoms with van der Waals surface area (Å²) in [5.74, 6) is 0. The summed E-state index contributed by atoms with van der Waals surface area (Å²) in [6, 6.07) is 6.55. The monoisotopic (exact) mass is 202 g/mol. The second kappa shape index (κ2) is 3.57. The third kappa shape index (κ3) is 1.74. The molecule has 0 atom stereocenters. The molecule has 2 rings (SSSR count). The zero-order valence-corrected chi connectivity index (χ0v) is 8.23. The van der Waals surface area contributed by atoms with Gasteiger partial charge < -0.3 is 4.98 Å². The predicted molar refractivity (Wildman–Crippen MR) is 57.6 cm³/mol. The van der Waals surface area contributed by atoms with Crippen LogP contribution in [0.25, 0.3) is 11.1 Å². The Morgan fingerprint density at radius 3 is 2.33 bits per heavy atom. The van der Waals surface area contributed by atoms with Crippen LogP contribution in [0.4, 0.5) is 5.69 Å². The van der Waals surface area contributed by atoms with E-state index in [1.54, 1.807) is 12.1 Å². The van der Waals surface area contributed by atoms with Crippen LogP contribution in [-0.2, 0) is 0 Å². The first-order valence-electron chi connectivity index (χ1n) is 4.56. The molecule has 1 N–H and O–H groups in total. The molecule has 0 unspecified atom stereocenters. The van der Waals surface area contributed by atoms with Crippen LogP contribution < -0.4 is 0 Å². The van der Waals surface area contributed by atoms with Crippen LogP contribution in [0, 0.1) is 17.0 Å². The predicted octanol–water partition coefficient (Wildman–Crippen LogP) is 2.90. The minimum atomic E-state index is -0.395. The lowest BCUT2D eigenvalue weighted by Crippen LogP contribution is -1.87. The number of rotatable bonds is 2. The maximum absolute atomic E-state index is 10.5. The van der Waals surface area contributed by atoms with E-state index in [2.05, 4.69) is 4.98 Å². The molecule has 15 heavy (non-hydrogen) atoms. The van der Waals surface area contributed by atoms with E-state index < -0.39 is 4.92 Å². The molecule has 0 aliphatic rings. The number of hydrogen-bond donors (Lipinski definition) is 1. The van der Waals surface area contributed by atoms with Crippen molar-refractivity contribution in [3.05, 3.63) is 52.3 Å². The van der Waals surface area contributed by atoms with Gasteiger partial charge >= 0.3 is 0 Å². The normalized spacial score (nSPS) is 10.2. The first-order chi connectivity index (χ1) is 7.18. The van der Waals surface area contributed by atoms with Gasteiger partial charge in [-0.25, -0.2) is 0 Å². The van der Waals surface area contributed by atoms with E-state index in [1.807, 2.05) is 19.3 Å². The molecule has 0 aliphatic heterocycles. The maximum Gasteiger partial charge on any atom is 0.269 e. The van der Waals surface area contributed by atoms with Crippen molar-refractivity contribution in [2.24, 2.45) is 0 Å². The molecule has 0 radical (unpaired) electrons. The van der Waals surface area contributed by atoms with Crippen LogP contribution in [0.3, 0.4) is 0 Å². The lowest BCUT2D eigenvalue weighted by Gasteiger charge is -1.99. The minimum Gasteiger partial charge on any atom is -0.367 e. The second-order valence-electron chi connectivity index (χ2n) is 3.36. The average molecular weight is 202 g/mol. The van der Waals surface area contributed by atoms with Crippen LogP contribution in [0.5, 0.6) is 0 Å². The second-order valence-corrected chi connectivity index (χ2v) is 3.36. The van der Waals surface area contributed by atoms with Crippen LogP contribution in [0.1, 0.15) is 5.56 Å². The van der Waals surface area contributed by atoms with E-state index in [0.29, 0.717) is 0 Å². The van der Waals surface area contributed by atoms with E-state index >= 15 is 0 Å². The summed E-state index contributed by atoms with van der Waals surface area (Å²) < 4.78 is 0. The Morgan fingerprint density at radius 2 is 1.87 bits per heavy atom. The average Bonchev–Trinajstić information content (AvgIpc) is 2.65. The number of aryl methyl sites for hydroxylation is 1. The van der Waals surface area contributed by atoms with Gasteiger partial charge in [0.05, 0.1) is 4.92 Å². The van der Waals surface area contributed by atoms with Crippen molar-refractivity contribution in [1.82, 2.24) is 4.98 Å². The van der Waals surface area contributed by atoms with Crippen LogP contribution in [0.2, 0.25) is 0 Å². The van der Waals surface area contributed by atoms with E-state index in [0.717, 1.165) is 16.7 Å². The molecule has 0 amide bonds. The summed E-state index contributed by atoms with van der Waals surface area (Å²) in [6.07, 6.45) is 3.78. The number of H-pyrrole nitrogens is 1. The SMILES string of the molecule is Cc1c[nH]cc1-c1ccc([N+](=O)[O-])cc1. The van der Waals surface area contributed by atoms with Crippen LogP contribution in [-0.4, -0.2) is 9.91 Å². The van der Waals surface area contributed by atoms with Crippen LogP contribution in [0.15, 0.2) is 36.7 Å². The Morgan fingerprint density at radius 1 is 1.20 bits per heavy atom. The Bertz CT molecular complexity index is 486. The number of benzene rings is 1. The number of aromatic nitrogens is 1. The largest absolute Gasteiger partial charge is 0.367 e. The number of nitrogens with zero attached hydrogens (tertiary/aromatic N) is 1. The molecule has 0 aliphatic carbocycles. The molecule has 1 heterocycles. The highest BCUT2D eigenvalue weighted by Crippen LogP contribution is 2.24. The Kier molecular flexibility index (Phi) is 2.25. The van der Waals surface area contributed by atoms with Gasteiger partial charge in [0.1, 0.15) is 0 Å². The molecule has 76 valence electrons. The van der Waals surface area contributed by atoms with E-state index in [1.165, 1.54) is 12.1 Å². The fraction of sp³-hybridized carbons (Fsp3) is 0.0909. The molecule has 0 saturated carbocycles. The quantitative estimate of drug-likeness (QED) is 0.601. The van der Waals surface area contributed by atoms with E-state index in [-0.39, 0.29) is 5.69 Å². The summed E-state index contributed by atoms with van der Waals surface area (Å²) in [6.45, 7) is 1.99. The van der Waals surface area contributed by atoms with Gasteiger partial charge in [-0.1, -0.05) is 0 Å². The fourth-order valence-corrected chi connectivity index (χ4v) is 1.52. The van der Waals surface area contributed by atoms with Crippen molar-refractivity contribution in [2.75, 3.05) is 0 Å². The Balaban J connectivity index is 2.40. The topological polar surface area (TPSA) is 58.9 Å². The summed E-state index contributed by atoms with van der Waals surface area (Å²) >= 11 is 0. The zero-order valence-electron chi connectivity index (χ0n) is 8.23. The van der Waals surface area contributed by atoms with Gasteiger partial charge in [0, 0.05) is 30.1 Å². The number of nitro groups is 1. The summed E-state index contributed by atoms with van der Waals surface area (Å²) in [5, 5.41) is 10.5. The van der Waals surface area contributed by atoms with Gasteiger partial charge in [-0.05, 0) is 30.2 Å². The van der Waals surface area contributed by atoms with Crippen molar-refractivity contribution >= 4 is 5.69 Å². The fourth-order valence-electron chi connectivity index (χ4n) is 1.52. The lowest BCUT2D eigenvalue weighted by atomic mass is 10.1. The molecule has 4 nitrogen and oxygen atoms in total. The smallest absolute Gasteiger partial charge is 0.269 e. The third-order valence-electron chi connectivity index (χ3n) is 2.34. The standard InChI is InChI=1S/C11H10N2O2/c1-8-6-12-7-11(8)9-2-4-10(5-3-9)13(14)15/h2-7,12H,1H3. The zero-order chi connectivity index (χ0) is 10.8. The minimum absolute atomic E-state index is 0.118. The molecule has 1 aromatic carbocycles. The van der Waals surface area contributed by atoms with Gasteiger partial charge in [0.2, 0.25) is 0 Å². The van der Waals surface area contributed by atoms with E-state index in [9.17, 15) is 10.1 Å². The van der Waals surface area contributed by atoms with Crippen molar-refractivity contribution in [1.29, 1.82) is 0 Å². The van der Waals surface area contributed by atoms with E-state index in [4.69, 9.17) is 0 Å². The molecule has 0 bridgehead atoms. The summed E-state index contributed by atoms with van der Waals surface area (Å²) in [4.78, 5) is 13.1. The molecular weight excluding hydrogens is 192 g/mol. The third-order valence-corrected chi connectivity index (χ3v) is 2.34. The summed E-state index contributed by atoms with van der Waals surface area (Å²) in [5.41, 5.74) is 3.31. The Labute approximate surface area is 86.7 Å². The highest BCUT2D eigenvalue weighted by molar-refractivity contribution is 5.67. The lowest BCUT2D eigenvalue weighted by molar-refractivity contribution is -0.384. The van der Waals surface area contributed by atoms with Crippen molar-refractivity contribution in [2.45, 2.75) is 6.92 Å². The highest BCUT2D eigenvalue weighted by Gasteiger charge is 2.06. The number of hydrogen-bond acceptors (Lipinski definition) is 2. The van der Waals surface area contributed by atoms with Crippen molar-refractivity contribution in [3.8, 4) is 11.1 Å². The van der Waals surface area contributed by atoms with Gasteiger partial charge in [-0.15, -0.1) is 0 Å². The molecule has 0 spiro atoms. The number of non-ortho nitro benzene ring substituents is 1. The van der Waals surface area contributed by atoms with Gasteiger partial charge in [-0.2, -0.15) is 0 Å². The maximum atomic E-state index is 10.5.